The molecule has 1 amide bonds. The summed E-state index contributed by atoms with van der Waals surface area (Å²) in [6.07, 6.45) is 0. The number of ether oxygens (including phenoxy) is 1. The van der Waals surface area contributed by atoms with E-state index in [-0.39, 0.29) is 18.3 Å². The van der Waals surface area contributed by atoms with Crippen molar-refractivity contribution in [3.05, 3.63) is 85.5 Å². The van der Waals surface area contributed by atoms with Gasteiger partial charge in [-0.25, -0.2) is 8.78 Å². The molecule has 0 atom stereocenters. The zero-order chi connectivity index (χ0) is 22.7. The van der Waals surface area contributed by atoms with Crippen LogP contribution in [-0.2, 0) is 13.2 Å². The van der Waals surface area contributed by atoms with Crippen molar-refractivity contribution in [2.45, 2.75) is 13.2 Å². The molecule has 2 aromatic carbocycles. The molecule has 0 spiro atoms. The molecule has 0 bridgehead atoms. The summed E-state index contributed by atoms with van der Waals surface area (Å²) in [6.45, 7) is 3.63. The van der Waals surface area contributed by atoms with Crippen LogP contribution in [0.5, 0.6) is 5.75 Å². The molecule has 3 aromatic rings. The summed E-state index contributed by atoms with van der Waals surface area (Å²) < 4.78 is 32.1. The van der Waals surface area contributed by atoms with E-state index < -0.39 is 11.6 Å². The third-order valence-electron chi connectivity index (χ3n) is 5.20. The molecule has 9 heteroatoms. The average molecular weight is 497 g/mol. The maximum Gasteiger partial charge on any atom is 0.264 e. The molecule has 1 fully saturated rings. The number of carbonyl (C=O) groups is 1. The normalized spacial score (nSPS) is 14.6. The lowest BCUT2D eigenvalue weighted by molar-refractivity contribution is 0.0633. The first-order chi connectivity index (χ1) is 15.4. The highest BCUT2D eigenvalue weighted by Gasteiger charge is 2.23. The molecule has 0 radical (unpaired) electrons. The van der Waals surface area contributed by atoms with Crippen LogP contribution < -0.4 is 4.74 Å². The van der Waals surface area contributed by atoms with Gasteiger partial charge in [0.05, 0.1) is 14.9 Å². The van der Waals surface area contributed by atoms with Gasteiger partial charge in [-0.15, -0.1) is 11.3 Å². The van der Waals surface area contributed by atoms with Crippen LogP contribution in [0.2, 0.25) is 10.0 Å². The minimum absolute atomic E-state index is 0.0245. The Morgan fingerprint density at radius 2 is 1.75 bits per heavy atom. The van der Waals surface area contributed by atoms with Crippen molar-refractivity contribution in [2.75, 3.05) is 26.2 Å². The van der Waals surface area contributed by atoms with E-state index in [2.05, 4.69) is 4.90 Å². The van der Waals surface area contributed by atoms with E-state index in [9.17, 15) is 13.6 Å². The van der Waals surface area contributed by atoms with Crippen molar-refractivity contribution < 1.29 is 18.3 Å². The first-order valence-electron chi connectivity index (χ1n) is 10.00. The second-order valence-electron chi connectivity index (χ2n) is 7.50. The third kappa shape index (κ3) is 5.59. The van der Waals surface area contributed by atoms with Gasteiger partial charge in [0.2, 0.25) is 0 Å². The van der Waals surface area contributed by atoms with Crippen LogP contribution in [0.25, 0.3) is 0 Å². The van der Waals surface area contributed by atoms with Crippen molar-refractivity contribution in [2.24, 2.45) is 0 Å². The Hall–Kier alpha value is -2.19. The molecule has 1 aliphatic rings. The number of hydrogen-bond acceptors (Lipinski definition) is 4. The van der Waals surface area contributed by atoms with Crippen molar-refractivity contribution in [3.63, 3.8) is 0 Å². The van der Waals surface area contributed by atoms with Gasteiger partial charge in [-0.3, -0.25) is 9.69 Å². The molecule has 168 valence electrons. The van der Waals surface area contributed by atoms with Gasteiger partial charge in [-0.05, 0) is 41.3 Å². The molecule has 32 heavy (non-hydrogen) atoms. The Balaban J connectivity index is 1.28. The lowest BCUT2D eigenvalue weighted by Crippen LogP contribution is -2.48. The summed E-state index contributed by atoms with van der Waals surface area (Å²) in [5.41, 5.74) is 1.85. The largest absolute Gasteiger partial charge is 0.486 e. The molecule has 1 aliphatic heterocycles. The number of thiophene rings is 1. The van der Waals surface area contributed by atoms with E-state index in [0.717, 1.165) is 42.9 Å². The zero-order valence-electron chi connectivity index (χ0n) is 17.0. The van der Waals surface area contributed by atoms with Crippen LogP contribution in [0.3, 0.4) is 0 Å². The van der Waals surface area contributed by atoms with Gasteiger partial charge in [0.1, 0.15) is 12.4 Å². The third-order valence-corrected chi connectivity index (χ3v) is 6.91. The number of rotatable bonds is 6. The highest BCUT2D eigenvalue weighted by Crippen LogP contribution is 2.25. The number of piperazine rings is 1. The van der Waals surface area contributed by atoms with E-state index in [0.29, 0.717) is 28.0 Å². The minimum atomic E-state index is -0.754. The quantitative estimate of drug-likeness (QED) is 0.427. The lowest BCUT2D eigenvalue weighted by Gasteiger charge is -2.34. The SMILES string of the molecule is O=C(c1cc(COc2ccc(F)cc2F)cs1)N1CCN(Cc2ccc(Cl)c(Cl)c2)CC1. The predicted octanol–water partition coefficient (Wildman–Crippen LogP) is 5.87. The Bertz CT molecular complexity index is 1120. The molecule has 0 saturated carbocycles. The fourth-order valence-electron chi connectivity index (χ4n) is 3.48. The number of halogens is 4. The molecular weight excluding hydrogens is 477 g/mol. The number of carbonyl (C=O) groups excluding carboxylic acids is 1. The van der Waals surface area contributed by atoms with E-state index in [1.807, 2.05) is 22.4 Å². The van der Waals surface area contributed by atoms with Crippen LogP contribution in [0.15, 0.2) is 47.8 Å². The van der Waals surface area contributed by atoms with Crippen LogP contribution in [0, 0.1) is 11.6 Å². The van der Waals surface area contributed by atoms with Gasteiger partial charge in [0.25, 0.3) is 5.91 Å². The maximum atomic E-state index is 13.7. The van der Waals surface area contributed by atoms with Gasteiger partial charge in [-0.1, -0.05) is 29.3 Å². The summed E-state index contributed by atoms with van der Waals surface area (Å²) in [4.78, 5) is 17.6. The predicted molar refractivity (Wildman–Crippen MR) is 123 cm³/mol. The molecule has 4 rings (SSSR count). The van der Waals surface area contributed by atoms with Crippen molar-refractivity contribution in [1.29, 1.82) is 0 Å². The van der Waals surface area contributed by atoms with E-state index in [1.54, 1.807) is 12.1 Å². The second kappa shape index (κ2) is 10.2. The number of benzene rings is 2. The van der Waals surface area contributed by atoms with Gasteiger partial charge < -0.3 is 9.64 Å². The van der Waals surface area contributed by atoms with Gasteiger partial charge in [-0.2, -0.15) is 0 Å². The van der Waals surface area contributed by atoms with Crippen molar-refractivity contribution in [3.8, 4) is 5.75 Å². The summed E-state index contributed by atoms with van der Waals surface area (Å²) in [6, 6.07) is 10.5. The van der Waals surface area contributed by atoms with Gasteiger partial charge in [0, 0.05) is 44.4 Å². The zero-order valence-corrected chi connectivity index (χ0v) is 19.3. The summed E-state index contributed by atoms with van der Waals surface area (Å²) >= 11 is 13.4. The van der Waals surface area contributed by atoms with Crippen molar-refractivity contribution in [1.82, 2.24) is 9.80 Å². The number of nitrogens with zero attached hydrogens (tertiary/aromatic N) is 2. The van der Waals surface area contributed by atoms with Crippen LogP contribution in [0.4, 0.5) is 8.78 Å². The van der Waals surface area contributed by atoms with Crippen LogP contribution in [0.1, 0.15) is 20.8 Å². The maximum absolute atomic E-state index is 13.7. The lowest BCUT2D eigenvalue weighted by atomic mass is 10.2. The summed E-state index contributed by atoms with van der Waals surface area (Å²) in [5, 5.41) is 2.89. The van der Waals surface area contributed by atoms with E-state index in [4.69, 9.17) is 27.9 Å². The topological polar surface area (TPSA) is 32.8 Å². The fourth-order valence-corrected chi connectivity index (χ4v) is 4.66. The standard InChI is InChI=1S/C23H20Cl2F2N2O2S/c24-18-3-1-15(9-19(18)25)12-28-5-7-29(8-6-28)23(30)22-10-16(14-32-22)13-31-21-4-2-17(26)11-20(21)27/h1-4,9-11,14H,5-8,12-13H2. The minimum Gasteiger partial charge on any atom is -0.486 e. The molecular formula is C23H20Cl2F2N2O2S. The second-order valence-corrected chi connectivity index (χ2v) is 9.23. The molecule has 4 nitrogen and oxygen atoms in total. The fraction of sp³-hybridized carbons (Fsp3) is 0.261. The molecule has 1 aromatic heterocycles. The summed E-state index contributed by atoms with van der Waals surface area (Å²) in [7, 11) is 0. The van der Waals surface area contributed by atoms with Crippen molar-refractivity contribution >= 4 is 40.4 Å². The molecule has 0 aliphatic carbocycles. The Morgan fingerprint density at radius 1 is 0.969 bits per heavy atom. The molecule has 0 N–H and O–H groups in total. The Morgan fingerprint density at radius 3 is 2.47 bits per heavy atom. The smallest absolute Gasteiger partial charge is 0.264 e. The average Bonchev–Trinajstić information content (AvgIpc) is 3.25. The Kier molecular flexibility index (Phi) is 7.30. The van der Waals surface area contributed by atoms with E-state index in [1.165, 1.54) is 17.4 Å². The Labute approximate surface area is 198 Å². The van der Waals surface area contributed by atoms with Crippen LogP contribution in [-0.4, -0.2) is 41.9 Å². The van der Waals surface area contributed by atoms with Gasteiger partial charge >= 0.3 is 0 Å². The highest BCUT2D eigenvalue weighted by molar-refractivity contribution is 7.12. The van der Waals surface area contributed by atoms with Gasteiger partial charge in [0.15, 0.2) is 11.6 Å². The van der Waals surface area contributed by atoms with Crippen LogP contribution >= 0.6 is 34.5 Å². The monoisotopic (exact) mass is 496 g/mol. The summed E-state index contributed by atoms with van der Waals surface area (Å²) in [5.74, 6) is -1.46. The molecule has 2 heterocycles. The first-order valence-corrected chi connectivity index (χ1v) is 11.6. The van der Waals surface area contributed by atoms with E-state index >= 15 is 0 Å². The molecule has 1 saturated heterocycles. The number of amides is 1. The molecule has 0 unspecified atom stereocenters. The number of hydrogen-bond donors (Lipinski definition) is 0. The first kappa shape index (κ1) is 23.0. The highest BCUT2D eigenvalue weighted by atomic mass is 35.5.